The lowest BCUT2D eigenvalue weighted by Gasteiger charge is -2.53. The topological polar surface area (TPSA) is 23.6 Å². The first kappa shape index (κ1) is 18.8. The predicted molar refractivity (Wildman–Crippen MR) is 40.5 cm³/mol. The molecular weight excluding hydrogens is 356 g/mol. The lowest BCUT2D eigenvalue weighted by molar-refractivity contribution is -0.534. The van der Waals surface area contributed by atoms with Crippen LogP contribution in [0.5, 0.6) is 0 Å². The highest BCUT2D eigenvalue weighted by Gasteiger charge is 2.89. The summed E-state index contributed by atoms with van der Waals surface area (Å²) in [4.78, 5) is 3.56. The Morgan fingerprint density at radius 2 is 1.14 bits per heavy atom. The lowest BCUT2D eigenvalue weighted by Crippen LogP contribution is -2.83. The molecule has 0 atom stereocenters. The number of hydrogen-bond donors (Lipinski definition) is 0. The lowest BCUT2D eigenvalue weighted by atomic mass is 10.1. The Morgan fingerprint density at radius 1 is 0.818 bits per heavy atom. The molecule has 22 heavy (non-hydrogen) atoms. The number of alkyl halides is 11. The maximum atomic E-state index is 13.1. The minimum Gasteiger partial charge on any atom is -0.252 e. The average Bonchev–Trinajstić information content (AvgIpc) is 2.25. The second-order valence-corrected chi connectivity index (χ2v) is 3.86. The Labute approximate surface area is 112 Å². The van der Waals surface area contributed by atoms with E-state index < -0.39 is 52.9 Å². The Balaban J connectivity index is 3.73. The standard InChI is InChI=1S/C7H2F12N2O/c8-1-20-4(12,13)6(16,17)21(3(10,11)2(9)22)7(18,19)5(20,14)15/h1H2. The molecule has 0 spiro atoms. The second-order valence-electron chi connectivity index (χ2n) is 3.86. The molecule has 15 heteroatoms. The van der Waals surface area contributed by atoms with Crippen molar-refractivity contribution >= 4 is 6.04 Å². The summed E-state index contributed by atoms with van der Waals surface area (Å²) in [6.07, 6.45) is 0. The molecule has 0 unspecified atom stereocenters. The molecule has 1 aliphatic rings. The van der Waals surface area contributed by atoms with Gasteiger partial charge in [0.25, 0.3) is 0 Å². The van der Waals surface area contributed by atoms with Gasteiger partial charge in [0.1, 0.15) is 0 Å². The van der Waals surface area contributed by atoms with E-state index in [0.717, 1.165) is 0 Å². The van der Waals surface area contributed by atoms with Crippen LogP contribution in [0.3, 0.4) is 0 Å². The summed E-state index contributed by atoms with van der Waals surface area (Å²) in [5.41, 5.74) is 0. The molecule has 1 fully saturated rings. The summed E-state index contributed by atoms with van der Waals surface area (Å²) in [6, 6.07) is -38.2. The number of hydrogen-bond acceptors (Lipinski definition) is 3. The SMILES string of the molecule is O=C(F)C(F)(F)N1C(F)(F)C(F)(F)N(CF)C(F)(F)C1(F)F. The highest BCUT2D eigenvalue weighted by Crippen LogP contribution is 2.60. The van der Waals surface area contributed by atoms with Gasteiger partial charge in [-0.05, 0) is 0 Å². The minimum atomic E-state index is -6.94. The van der Waals surface area contributed by atoms with Gasteiger partial charge in [0, 0.05) is 0 Å². The van der Waals surface area contributed by atoms with Gasteiger partial charge >= 0.3 is 36.3 Å². The molecule has 3 nitrogen and oxygen atoms in total. The molecule has 1 aliphatic heterocycles. The van der Waals surface area contributed by atoms with Crippen LogP contribution in [-0.2, 0) is 4.79 Å². The van der Waals surface area contributed by atoms with Gasteiger partial charge in [0.2, 0.25) is 0 Å². The van der Waals surface area contributed by atoms with E-state index in [1.807, 2.05) is 0 Å². The molecule has 0 aromatic rings. The minimum absolute atomic E-state index is 2.69. The molecule has 0 aliphatic carbocycles. The van der Waals surface area contributed by atoms with Crippen LogP contribution in [-0.4, -0.2) is 52.9 Å². The smallest absolute Gasteiger partial charge is 0.252 e. The highest BCUT2D eigenvalue weighted by molar-refractivity contribution is 5.76. The van der Waals surface area contributed by atoms with Gasteiger partial charge in [-0.15, -0.1) is 4.90 Å². The number of piperazine rings is 1. The molecule has 0 saturated carbocycles. The van der Waals surface area contributed by atoms with Crippen LogP contribution in [0.4, 0.5) is 52.7 Å². The molecule has 130 valence electrons. The molecule has 0 aromatic carbocycles. The predicted octanol–water partition coefficient (Wildman–Crippen LogP) is 2.99. The number of rotatable bonds is 3. The van der Waals surface area contributed by atoms with Gasteiger partial charge in [-0.25, -0.2) is 4.39 Å². The monoisotopic (exact) mass is 358 g/mol. The first-order chi connectivity index (χ1) is 9.50. The Kier molecular flexibility index (Phi) is 3.95. The van der Waals surface area contributed by atoms with E-state index in [1.54, 1.807) is 0 Å². The Hall–Kier alpha value is -1.25. The fourth-order valence-electron chi connectivity index (χ4n) is 1.54. The summed E-state index contributed by atoms with van der Waals surface area (Å²) < 4.78 is 154. The van der Waals surface area contributed by atoms with Crippen LogP contribution in [0.1, 0.15) is 0 Å². The summed E-state index contributed by atoms with van der Waals surface area (Å²) in [5, 5.41) is 0. The number of carbonyl (C=O) groups excluding carboxylic acids is 1. The third-order valence-electron chi connectivity index (χ3n) is 2.60. The van der Waals surface area contributed by atoms with Crippen LogP contribution in [0, 0.1) is 0 Å². The number of halogens is 12. The summed E-state index contributed by atoms with van der Waals surface area (Å²) >= 11 is 0. The van der Waals surface area contributed by atoms with Crippen molar-refractivity contribution in [1.82, 2.24) is 9.80 Å². The maximum absolute atomic E-state index is 13.1. The van der Waals surface area contributed by atoms with E-state index >= 15 is 0 Å². The van der Waals surface area contributed by atoms with Crippen LogP contribution < -0.4 is 0 Å². The van der Waals surface area contributed by atoms with Crippen molar-refractivity contribution in [3.63, 3.8) is 0 Å². The largest absolute Gasteiger partial charge is 0.404 e. The summed E-state index contributed by atoms with van der Waals surface area (Å²) in [5.74, 6) is 0. The first-order valence-corrected chi connectivity index (χ1v) is 4.73. The number of carbonyl (C=O) groups is 1. The molecule has 0 N–H and O–H groups in total. The second kappa shape index (κ2) is 4.62. The van der Waals surface area contributed by atoms with Gasteiger partial charge < -0.3 is 0 Å². The van der Waals surface area contributed by atoms with Crippen molar-refractivity contribution in [3.8, 4) is 0 Å². The fourth-order valence-corrected chi connectivity index (χ4v) is 1.54. The Bertz CT molecular complexity index is 448. The van der Waals surface area contributed by atoms with Crippen LogP contribution >= 0.6 is 0 Å². The van der Waals surface area contributed by atoms with Gasteiger partial charge in [0.05, 0.1) is 0 Å². The van der Waals surface area contributed by atoms with Gasteiger partial charge in [-0.3, -0.25) is 4.79 Å². The maximum Gasteiger partial charge on any atom is 0.404 e. The van der Waals surface area contributed by atoms with E-state index in [9.17, 15) is 57.5 Å². The molecule has 0 amide bonds. The quantitative estimate of drug-likeness (QED) is 0.440. The zero-order valence-electron chi connectivity index (χ0n) is 9.55. The van der Waals surface area contributed by atoms with Crippen LogP contribution in [0.25, 0.3) is 0 Å². The molecule has 1 saturated heterocycles. The summed E-state index contributed by atoms with van der Waals surface area (Å²) in [7, 11) is 0. The van der Waals surface area contributed by atoms with Gasteiger partial charge in [0.15, 0.2) is 6.80 Å². The van der Waals surface area contributed by atoms with E-state index in [-0.39, 0.29) is 0 Å². The molecule has 1 heterocycles. The normalized spacial score (nSPS) is 27.6. The van der Waals surface area contributed by atoms with Crippen molar-refractivity contribution < 1.29 is 57.5 Å². The molecule has 0 radical (unpaired) electrons. The van der Waals surface area contributed by atoms with E-state index in [4.69, 9.17) is 0 Å². The highest BCUT2D eigenvalue weighted by atomic mass is 19.3. The third kappa shape index (κ3) is 1.97. The van der Waals surface area contributed by atoms with Crippen molar-refractivity contribution in [2.24, 2.45) is 0 Å². The number of nitrogens with zero attached hydrogens (tertiary/aromatic N) is 2. The van der Waals surface area contributed by atoms with Gasteiger partial charge in [-0.1, -0.05) is 4.90 Å². The first-order valence-electron chi connectivity index (χ1n) is 4.73. The molecule has 1 rings (SSSR count). The van der Waals surface area contributed by atoms with E-state index in [1.165, 1.54) is 0 Å². The van der Waals surface area contributed by atoms with Crippen molar-refractivity contribution in [3.05, 3.63) is 0 Å². The van der Waals surface area contributed by atoms with Crippen molar-refractivity contribution in [2.45, 2.75) is 30.2 Å². The fraction of sp³-hybridized carbons (Fsp3) is 0.857. The molecule has 0 bridgehead atoms. The Morgan fingerprint density at radius 3 is 1.36 bits per heavy atom. The zero-order valence-corrected chi connectivity index (χ0v) is 9.55. The average molecular weight is 358 g/mol. The van der Waals surface area contributed by atoms with Crippen molar-refractivity contribution in [2.75, 3.05) is 6.80 Å². The van der Waals surface area contributed by atoms with Crippen molar-refractivity contribution in [1.29, 1.82) is 0 Å². The van der Waals surface area contributed by atoms with Crippen LogP contribution in [0.2, 0.25) is 0 Å². The third-order valence-corrected chi connectivity index (χ3v) is 2.60. The molecular formula is C7H2F12N2O. The van der Waals surface area contributed by atoms with Gasteiger partial charge in [-0.2, -0.15) is 48.3 Å². The van der Waals surface area contributed by atoms with Crippen LogP contribution in [0.15, 0.2) is 0 Å². The van der Waals surface area contributed by atoms with E-state index in [0.29, 0.717) is 0 Å². The summed E-state index contributed by atoms with van der Waals surface area (Å²) in [6.45, 7) is -3.30. The zero-order chi connectivity index (χ0) is 17.9. The molecule has 0 aromatic heterocycles. The van der Waals surface area contributed by atoms with E-state index in [2.05, 4.69) is 0 Å².